The number of pyridine rings is 1. The van der Waals surface area contributed by atoms with Crippen molar-refractivity contribution in [1.82, 2.24) is 10.3 Å². The van der Waals surface area contributed by atoms with E-state index in [1.165, 1.54) is 16.7 Å². The lowest BCUT2D eigenvalue weighted by Crippen LogP contribution is -2.24. The molecule has 3 nitrogen and oxygen atoms in total. The predicted octanol–water partition coefficient (Wildman–Crippen LogP) is 5.82. The van der Waals surface area contributed by atoms with Crippen LogP contribution >= 0.6 is 23.2 Å². The van der Waals surface area contributed by atoms with Crippen LogP contribution in [-0.4, -0.2) is 12.0 Å². The number of halogens is 2. The molecule has 1 aliphatic rings. The molecular weight excluding hydrogens is 377 g/mol. The average Bonchev–Trinajstić information content (AvgIpc) is 2.69. The van der Waals surface area contributed by atoms with Gasteiger partial charge in [-0.1, -0.05) is 41.4 Å². The Balaban J connectivity index is 1.78. The average molecular weight is 398 g/mol. The van der Waals surface area contributed by atoms with Crippen LogP contribution in [0.5, 0.6) is 0 Å². The van der Waals surface area contributed by atoms with Gasteiger partial charge in [-0.2, -0.15) is 0 Å². The fraction of sp³-hybridized carbons (Fsp3) is 0.227. The van der Waals surface area contributed by atoms with E-state index in [4.69, 9.17) is 28.9 Å². The molecule has 4 rings (SSSR count). The third-order valence-electron chi connectivity index (χ3n) is 5.36. The molecule has 0 aliphatic heterocycles. The molecule has 1 aromatic heterocycles. The highest BCUT2D eigenvalue weighted by atomic mass is 35.5. The van der Waals surface area contributed by atoms with Crippen molar-refractivity contribution in [3.8, 4) is 11.3 Å². The van der Waals surface area contributed by atoms with E-state index >= 15 is 0 Å². The standard InChI is InChI=1S/C22H21Cl2N3/c1-26-22-9-6-16(13-3-7-19(23)20(24)11-13)17-5-2-14(10-18(17)22)21-8-4-15(25)12-27-21/h2-5,7-8,10-12,16,22,26H,6,9,25H2,1H3/t16?,22-/m0/s1. The van der Waals surface area contributed by atoms with Crippen molar-refractivity contribution in [2.24, 2.45) is 0 Å². The van der Waals surface area contributed by atoms with Gasteiger partial charge >= 0.3 is 0 Å². The summed E-state index contributed by atoms with van der Waals surface area (Å²) in [6, 6.07) is 16.7. The number of aromatic nitrogens is 1. The Morgan fingerprint density at radius 2 is 1.81 bits per heavy atom. The Kier molecular flexibility index (Phi) is 5.09. The Hall–Kier alpha value is -2.07. The van der Waals surface area contributed by atoms with Gasteiger partial charge in [-0.05, 0) is 66.9 Å². The Bertz CT molecular complexity index is 970. The molecule has 0 radical (unpaired) electrons. The number of anilines is 1. The highest BCUT2D eigenvalue weighted by molar-refractivity contribution is 6.42. The summed E-state index contributed by atoms with van der Waals surface area (Å²) >= 11 is 12.4. The number of nitrogen functional groups attached to an aromatic ring is 1. The number of nitrogens with two attached hydrogens (primary N) is 1. The number of nitrogens with one attached hydrogen (secondary N) is 1. The van der Waals surface area contributed by atoms with E-state index in [0.29, 0.717) is 27.7 Å². The molecule has 0 fully saturated rings. The fourth-order valence-electron chi connectivity index (χ4n) is 3.95. The first-order chi connectivity index (χ1) is 13.1. The molecule has 0 spiro atoms. The quantitative estimate of drug-likeness (QED) is 0.584. The topological polar surface area (TPSA) is 50.9 Å². The van der Waals surface area contributed by atoms with Gasteiger partial charge in [0.1, 0.15) is 0 Å². The largest absolute Gasteiger partial charge is 0.397 e. The molecule has 5 heteroatoms. The minimum atomic E-state index is 0.313. The molecule has 3 aromatic rings. The summed E-state index contributed by atoms with van der Waals surface area (Å²) in [5, 5.41) is 4.65. The number of fused-ring (bicyclic) bond motifs is 1. The molecule has 1 aliphatic carbocycles. The van der Waals surface area contributed by atoms with Crippen LogP contribution in [0.1, 0.15) is 41.5 Å². The van der Waals surface area contributed by atoms with Crippen molar-refractivity contribution in [3.05, 3.63) is 81.5 Å². The lowest BCUT2D eigenvalue weighted by molar-refractivity contribution is 0.471. The zero-order chi connectivity index (χ0) is 19.0. The van der Waals surface area contributed by atoms with E-state index in [1.54, 1.807) is 6.20 Å². The smallest absolute Gasteiger partial charge is 0.0703 e. The van der Waals surface area contributed by atoms with E-state index in [0.717, 1.165) is 24.1 Å². The van der Waals surface area contributed by atoms with Crippen LogP contribution in [-0.2, 0) is 0 Å². The molecule has 138 valence electrons. The highest BCUT2D eigenvalue weighted by Gasteiger charge is 2.28. The molecule has 1 unspecified atom stereocenters. The lowest BCUT2D eigenvalue weighted by atomic mass is 9.76. The lowest BCUT2D eigenvalue weighted by Gasteiger charge is -2.32. The third-order valence-corrected chi connectivity index (χ3v) is 6.10. The molecule has 3 N–H and O–H groups in total. The van der Waals surface area contributed by atoms with E-state index < -0.39 is 0 Å². The van der Waals surface area contributed by atoms with Gasteiger partial charge < -0.3 is 11.1 Å². The van der Waals surface area contributed by atoms with Crippen LogP contribution in [0.3, 0.4) is 0 Å². The summed E-state index contributed by atoms with van der Waals surface area (Å²) in [4.78, 5) is 4.47. The number of nitrogens with zero attached hydrogens (tertiary/aromatic N) is 1. The van der Waals surface area contributed by atoms with E-state index in [9.17, 15) is 0 Å². The molecule has 0 bridgehead atoms. The minimum Gasteiger partial charge on any atom is -0.397 e. The second-order valence-electron chi connectivity index (χ2n) is 6.97. The van der Waals surface area contributed by atoms with E-state index in [2.05, 4.69) is 34.6 Å². The SMILES string of the molecule is CN[C@H]1CCC(c2ccc(Cl)c(Cl)c2)c2ccc(-c3ccc(N)cn3)cc21. The first-order valence-corrected chi connectivity index (χ1v) is 9.80. The van der Waals surface area contributed by atoms with Gasteiger partial charge in [0, 0.05) is 17.5 Å². The zero-order valence-electron chi connectivity index (χ0n) is 15.0. The summed E-state index contributed by atoms with van der Waals surface area (Å²) in [5.41, 5.74) is 12.3. The number of rotatable bonds is 3. The zero-order valence-corrected chi connectivity index (χ0v) is 16.6. The summed E-state index contributed by atoms with van der Waals surface area (Å²) in [6.45, 7) is 0. The second kappa shape index (κ2) is 7.51. The maximum atomic E-state index is 6.27. The van der Waals surface area contributed by atoms with Crippen LogP contribution in [0.15, 0.2) is 54.7 Å². The van der Waals surface area contributed by atoms with Gasteiger partial charge in [-0.3, -0.25) is 4.98 Å². The molecule has 27 heavy (non-hydrogen) atoms. The van der Waals surface area contributed by atoms with Crippen LogP contribution in [0.4, 0.5) is 5.69 Å². The van der Waals surface area contributed by atoms with Crippen LogP contribution in [0.25, 0.3) is 11.3 Å². The Morgan fingerprint density at radius 3 is 2.52 bits per heavy atom. The molecule has 0 saturated carbocycles. The van der Waals surface area contributed by atoms with Crippen molar-refractivity contribution in [2.45, 2.75) is 24.8 Å². The van der Waals surface area contributed by atoms with Crippen molar-refractivity contribution < 1.29 is 0 Å². The van der Waals surface area contributed by atoms with Gasteiger partial charge in [0.2, 0.25) is 0 Å². The maximum absolute atomic E-state index is 6.27. The number of hydrogen-bond donors (Lipinski definition) is 2. The maximum Gasteiger partial charge on any atom is 0.0703 e. The van der Waals surface area contributed by atoms with Crippen LogP contribution in [0, 0.1) is 0 Å². The fourth-order valence-corrected chi connectivity index (χ4v) is 4.26. The summed E-state index contributed by atoms with van der Waals surface area (Å²) in [6.07, 6.45) is 3.83. The molecule has 1 heterocycles. The molecule has 2 atom stereocenters. The number of hydrogen-bond acceptors (Lipinski definition) is 3. The van der Waals surface area contributed by atoms with Gasteiger partial charge in [0.25, 0.3) is 0 Å². The second-order valence-corrected chi connectivity index (χ2v) is 7.78. The summed E-state index contributed by atoms with van der Waals surface area (Å²) in [5.74, 6) is 0.313. The van der Waals surface area contributed by atoms with Crippen molar-refractivity contribution in [2.75, 3.05) is 12.8 Å². The van der Waals surface area contributed by atoms with Gasteiger partial charge in [0.15, 0.2) is 0 Å². The Morgan fingerprint density at radius 1 is 0.963 bits per heavy atom. The molecular formula is C22H21Cl2N3. The first-order valence-electron chi connectivity index (χ1n) is 9.05. The number of benzene rings is 2. The highest BCUT2D eigenvalue weighted by Crippen LogP contribution is 2.43. The normalized spacial score (nSPS) is 18.9. The van der Waals surface area contributed by atoms with Crippen LogP contribution in [0.2, 0.25) is 10.0 Å². The molecule has 0 amide bonds. The van der Waals surface area contributed by atoms with E-state index in [1.807, 2.05) is 31.3 Å². The van der Waals surface area contributed by atoms with Gasteiger partial charge in [0.05, 0.1) is 27.6 Å². The summed E-state index contributed by atoms with van der Waals surface area (Å²) in [7, 11) is 2.02. The van der Waals surface area contributed by atoms with Crippen LogP contribution < -0.4 is 11.1 Å². The van der Waals surface area contributed by atoms with Crippen molar-refractivity contribution in [3.63, 3.8) is 0 Å². The van der Waals surface area contributed by atoms with Gasteiger partial charge in [-0.15, -0.1) is 0 Å². The van der Waals surface area contributed by atoms with Gasteiger partial charge in [-0.25, -0.2) is 0 Å². The molecule has 2 aromatic carbocycles. The molecule has 0 saturated heterocycles. The third kappa shape index (κ3) is 3.55. The van der Waals surface area contributed by atoms with E-state index in [-0.39, 0.29) is 0 Å². The predicted molar refractivity (Wildman–Crippen MR) is 113 cm³/mol. The Labute approximate surface area is 169 Å². The minimum absolute atomic E-state index is 0.313. The summed E-state index contributed by atoms with van der Waals surface area (Å²) < 4.78 is 0. The first kappa shape index (κ1) is 18.3. The van der Waals surface area contributed by atoms with Crippen molar-refractivity contribution >= 4 is 28.9 Å². The van der Waals surface area contributed by atoms with Crippen molar-refractivity contribution in [1.29, 1.82) is 0 Å². The monoisotopic (exact) mass is 397 g/mol.